The number of aryl methyl sites for hydroxylation is 1. The van der Waals surface area contributed by atoms with Gasteiger partial charge in [0.2, 0.25) is 0 Å². The van der Waals surface area contributed by atoms with Crippen molar-refractivity contribution in [1.29, 1.82) is 0 Å². The summed E-state index contributed by atoms with van der Waals surface area (Å²) in [5.41, 5.74) is 8.36. The largest absolute Gasteiger partial charge is 0.321 e. The summed E-state index contributed by atoms with van der Waals surface area (Å²) in [6.45, 7) is 12.5. The van der Waals surface area contributed by atoms with Crippen LogP contribution in [0.4, 0.5) is 0 Å². The number of hydrogen-bond donors (Lipinski definition) is 1. The summed E-state index contributed by atoms with van der Waals surface area (Å²) in [6, 6.07) is 0. The zero-order chi connectivity index (χ0) is 14.3. The van der Waals surface area contributed by atoms with Crippen molar-refractivity contribution in [1.82, 2.24) is 9.78 Å². The number of aromatic nitrogens is 2. The average Bonchev–Trinajstić information content (AvgIpc) is 2.61. The molecule has 3 heteroatoms. The topological polar surface area (TPSA) is 43.8 Å². The molecule has 1 aromatic heterocycles. The molecule has 1 aromatic rings. The summed E-state index contributed by atoms with van der Waals surface area (Å²) in [5.74, 6) is 0. The van der Waals surface area contributed by atoms with Gasteiger partial charge in [-0.1, -0.05) is 34.6 Å². The van der Waals surface area contributed by atoms with Crippen LogP contribution < -0.4 is 5.73 Å². The van der Waals surface area contributed by atoms with Gasteiger partial charge < -0.3 is 5.73 Å². The highest BCUT2D eigenvalue weighted by Crippen LogP contribution is 2.52. The minimum atomic E-state index is -0.225. The lowest BCUT2D eigenvalue weighted by Gasteiger charge is -2.50. The Hall–Kier alpha value is -0.830. The highest BCUT2D eigenvalue weighted by molar-refractivity contribution is 5.21. The van der Waals surface area contributed by atoms with Crippen molar-refractivity contribution < 1.29 is 0 Å². The monoisotopic (exact) mass is 263 g/mol. The Morgan fingerprint density at radius 3 is 2.26 bits per heavy atom. The molecule has 1 aliphatic rings. The summed E-state index contributed by atoms with van der Waals surface area (Å²) >= 11 is 0. The van der Waals surface area contributed by atoms with E-state index in [0.717, 1.165) is 25.8 Å². The molecule has 0 atom stereocenters. The Balaban J connectivity index is 2.29. The molecule has 0 aliphatic heterocycles. The van der Waals surface area contributed by atoms with Crippen LogP contribution in [0.15, 0.2) is 12.4 Å². The molecule has 0 unspecified atom stereocenters. The Morgan fingerprint density at radius 1 is 1.16 bits per heavy atom. The SMILES string of the molecule is CCCn1cc(C2(N)CC(C)(C)CC(C)(C)C2)cn1. The molecular weight excluding hydrogens is 234 g/mol. The Kier molecular flexibility index (Phi) is 3.54. The molecule has 0 spiro atoms. The Bertz CT molecular complexity index is 427. The standard InChI is InChI=1S/C16H29N3/c1-6-7-19-9-13(8-18-19)16(17)11-14(2,3)10-15(4,5)12-16/h8-9H,6-7,10-12,17H2,1-5H3. The molecular formula is C16H29N3. The summed E-state index contributed by atoms with van der Waals surface area (Å²) in [4.78, 5) is 0. The minimum Gasteiger partial charge on any atom is -0.321 e. The lowest BCUT2D eigenvalue weighted by molar-refractivity contribution is 0.0470. The lowest BCUT2D eigenvalue weighted by Crippen LogP contribution is -2.49. The quantitative estimate of drug-likeness (QED) is 0.904. The molecule has 0 aromatic carbocycles. The van der Waals surface area contributed by atoms with Gasteiger partial charge in [0.15, 0.2) is 0 Å². The van der Waals surface area contributed by atoms with Crippen LogP contribution in [0.5, 0.6) is 0 Å². The van der Waals surface area contributed by atoms with Gasteiger partial charge in [-0.05, 0) is 36.5 Å². The molecule has 3 nitrogen and oxygen atoms in total. The van der Waals surface area contributed by atoms with Gasteiger partial charge in [0.1, 0.15) is 0 Å². The lowest BCUT2D eigenvalue weighted by atomic mass is 9.57. The molecule has 1 aliphatic carbocycles. The maximum absolute atomic E-state index is 6.79. The highest BCUT2D eigenvalue weighted by atomic mass is 15.3. The molecule has 2 N–H and O–H groups in total. The second kappa shape index (κ2) is 4.62. The molecule has 1 fully saturated rings. The van der Waals surface area contributed by atoms with Crippen molar-refractivity contribution in [2.24, 2.45) is 16.6 Å². The van der Waals surface area contributed by atoms with Crippen LogP contribution in [0.1, 0.15) is 65.9 Å². The van der Waals surface area contributed by atoms with Crippen molar-refractivity contribution in [3.8, 4) is 0 Å². The highest BCUT2D eigenvalue weighted by Gasteiger charge is 2.46. The average molecular weight is 263 g/mol. The molecule has 0 saturated heterocycles. The van der Waals surface area contributed by atoms with Gasteiger partial charge in [0.05, 0.1) is 6.20 Å². The third-order valence-electron chi connectivity index (χ3n) is 4.21. The van der Waals surface area contributed by atoms with Crippen molar-refractivity contribution in [2.45, 2.75) is 72.4 Å². The first-order valence-corrected chi connectivity index (χ1v) is 7.48. The summed E-state index contributed by atoms with van der Waals surface area (Å²) < 4.78 is 2.03. The second-order valence-electron chi connectivity index (χ2n) is 8.01. The predicted octanol–water partition coefficient (Wildman–Crippen LogP) is 3.68. The number of nitrogens with two attached hydrogens (primary N) is 1. The van der Waals surface area contributed by atoms with E-state index < -0.39 is 0 Å². The molecule has 0 amide bonds. The number of nitrogens with zero attached hydrogens (tertiary/aromatic N) is 2. The zero-order valence-corrected chi connectivity index (χ0v) is 13.2. The van der Waals surface area contributed by atoms with Crippen LogP contribution in [-0.2, 0) is 12.1 Å². The summed E-state index contributed by atoms with van der Waals surface area (Å²) in [7, 11) is 0. The third kappa shape index (κ3) is 3.19. The van der Waals surface area contributed by atoms with Gasteiger partial charge in [-0.25, -0.2) is 0 Å². The van der Waals surface area contributed by atoms with Gasteiger partial charge in [-0.15, -0.1) is 0 Å². The van der Waals surface area contributed by atoms with Crippen LogP contribution in [0, 0.1) is 10.8 Å². The zero-order valence-electron chi connectivity index (χ0n) is 13.2. The van der Waals surface area contributed by atoms with Crippen molar-refractivity contribution in [3.05, 3.63) is 18.0 Å². The number of hydrogen-bond acceptors (Lipinski definition) is 2. The molecule has 108 valence electrons. The predicted molar refractivity (Wildman–Crippen MR) is 79.8 cm³/mol. The van der Waals surface area contributed by atoms with E-state index in [4.69, 9.17) is 5.73 Å². The van der Waals surface area contributed by atoms with E-state index in [1.54, 1.807) is 0 Å². The van der Waals surface area contributed by atoms with E-state index in [-0.39, 0.29) is 5.54 Å². The van der Waals surface area contributed by atoms with E-state index in [1.807, 2.05) is 10.9 Å². The van der Waals surface area contributed by atoms with Gasteiger partial charge >= 0.3 is 0 Å². The maximum atomic E-state index is 6.79. The van der Waals surface area contributed by atoms with Gasteiger partial charge in [0.25, 0.3) is 0 Å². The first-order chi connectivity index (χ1) is 8.66. The number of rotatable bonds is 3. The van der Waals surface area contributed by atoms with Gasteiger partial charge in [-0.2, -0.15) is 5.10 Å². The molecule has 0 radical (unpaired) electrons. The molecule has 0 bridgehead atoms. The van der Waals surface area contributed by atoms with Crippen molar-refractivity contribution in [3.63, 3.8) is 0 Å². The van der Waals surface area contributed by atoms with Crippen LogP contribution in [0.25, 0.3) is 0 Å². The van der Waals surface area contributed by atoms with E-state index >= 15 is 0 Å². The maximum Gasteiger partial charge on any atom is 0.0540 e. The van der Waals surface area contributed by atoms with E-state index in [9.17, 15) is 0 Å². The molecule has 1 heterocycles. The fourth-order valence-corrected chi connectivity index (χ4v) is 4.37. The third-order valence-corrected chi connectivity index (χ3v) is 4.21. The Morgan fingerprint density at radius 2 is 1.74 bits per heavy atom. The van der Waals surface area contributed by atoms with E-state index in [2.05, 4.69) is 45.9 Å². The summed E-state index contributed by atoms with van der Waals surface area (Å²) in [5, 5.41) is 4.46. The van der Waals surface area contributed by atoms with Crippen LogP contribution >= 0.6 is 0 Å². The molecule has 1 saturated carbocycles. The Labute approximate surface area is 117 Å². The fraction of sp³-hybridized carbons (Fsp3) is 0.812. The van der Waals surface area contributed by atoms with Crippen LogP contribution in [0.2, 0.25) is 0 Å². The van der Waals surface area contributed by atoms with E-state index in [0.29, 0.717) is 10.8 Å². The van der Waals surface area contributed by atoms with Gasteiger partial charge in [0, 0.05) is 23.8 Å². The van der Waals surface area contributed by atoms with Crippen molar-refractivity contribution in [2.75, 3.05) is 0 Å². The smallest absolute Gasteiger partial charge is 0.0540 e. The second-order valence-corrected chi connectivity index (χ2v) is 8.01. The summed E-state index contributed by atoms with van der Waals surface area (Å²) in [6.07, 6.45) is 8.56. The van der Waals surface area contributed by atoms with Gasteiger partial charge in [-0.3, -0.25) is 4.68 Å². The first kappa shape index (κ1) is 14.6. The fourth-order valence-electron chi connectivity index (χ4n) is 4.37. The first-order valence-electron chi connectivity index (χ1n) is 7.48. The minimum absolute atomic E-state index is 0.225. The normalized spacial score (nSPS) is 24.3. The van der Waals surface area contributed by atoms with Crippen LogP contribution in [-0.4, -0.2) is 9.78 Å². The van der Waals surface area contributed by atoms with Crippen LogP contribution in [0.3, 0.4) is 0 Å². The molecule has 19 heavy (non-hydrogen) atoms. The molecule has 2 rings (SSSR count). The van der Waals surface area contributed by atoms with Crippen molar-refractivity contribution >= 4 is 0 Å². The van der Waals surface area contributed by atoms with E-state index in [1.165, 1.54) is 12.0 Å².